The monoisotopic (exact) mass is 236 g/mol. The Bertz CT molecular complexity index is 525. The van der Waals surface area contributed by atoms with Crippen LogP contribution in [0.25, 0.3) is 10.9 Å². The topological polar surface area (TPSA) is 41.1 Å². The van der Waals surface area contributed by atoms with Crippen LogP contribution in [0, 0.1) is 0 Å². The van der Waals surface area contributed by atoms with E-state index in [-0.39, 0.29) is 5.28 Å². The number of nitrogens with one attached hydrogen (secondary N) is 1. The lowest BCUT2D eigenvalue weighted by molar-refractivity contribution is 1.13. The smallest absolute Gasteiger partial charge is 0.224 e. The van der Waals surface area contributed by atoms with Gasteiger partial charge in [0.05, 0.1) is 5.52 Å². The van der Waals surface area contributed by atoms with Gasteiger partial charge < -0.3 is 10.2 Å². The number of halogens is 1. The van der Waals surface area contributed by atoms with Crippen LogP contribution in [0.3, 0.4) is 0 Å². The summed E-state index contributed by atoms with van der Waals surface area (Å²) in [7, 11) is 5.81. The van der Waals surface area contributed by atoms with Crippen LogP contribution in [0.2, 0.25) is 5.28 Å². The fraction of sp³-hybridized carbons (Fsp3) is 0.273. The largest absolute Gasteiger partial charge is 0.378 e. The number of hydrogen-bond acceptors (Lipinski definition) is 4. The van der Waals surface area contributed by atoms with E-state index in [9.17, 15) is 0 Å². The molecule has 1 aromatic carbocycles. The van der Waals surface area contributed by atoms with Crippen molar-refractivity contribution in [3.8, 4) is 0 Å². The third kappa shape index (κ3) is 1.88. The average Bonchev–Trinajstić information content (AvgIpc) is 2.27. The van der Waals surface area contributed by atoms with Crippen molar-refractivity contribution in [2.24, 2.45) is 0 Å². The van der Waals surface area contributed by atoms with Gasteiger partial charge in [0, 0.05) is 32.2 Å². The van der Waals surface area contributed by atoms with Crippen molar-refractivity contribution in [3.05, 3.63) is 23.5 Å². The molecule has 2 rings (SSSR count). The van der Waals surface area contributed by atoms with Crippen molar-refractivity contribution in [2.75, 3.05) is 31.4 Å². The summed E-state index contributed by atoms with van der Waals surface area (Å²) in [6.45, 7) is 0. The molecule has 0 saturated carbocycles. The van der Waals surface area contributed by atoms with Crippen LogP contribution in [0.5, 0.6) is 0 Å². The zero-order chi connectivity index (χ0) is 11.7. The lowest BCUT2D eigenvalue weighted by Crippen LogP contribution is -2.08. The second-order valence-electron chi connectivity index (χ2n) is 3.69. The van der Waals surface area contributed by atoms with Gasteiger partial charge in [0.1, 0.15) is 5.82 Å². The number of rotatable bonds is 2. The predicted molar refractivity (Wildman–Crippen MR) is 68.4 cm³/mol. The van der Waals surface area contributed by atoms with E-state index < -0.39 is 0 Å². The van der Waals surface area contributed by atoms with E-state index in [1.807, 2.05) is 44.2 Å². The molecule has 0 saturated heterocycles. The molecule has 0 aliphatic heterocycles. The lowest BCUT2D eigenvalue weighted by atomic mass is 10.2. The zero-order valence-corrected chi connectivity index (χ0v) is 10.2. The Morgan fingerprint density at radius 1 is 1.25 bits per heavy atom. The molecule has 0 bridgehead atoms. The molecular formula is C11H13ClN4. The Kier molecular flexibility index (Phi) is 2.83. The van der Waals surface area contributed by atoms with Gasteiger partial charge in [0.25, 0.3) is 0 Å². The maximum absolute atomic E-state index is 5.83. The third-order valence-electron chi connectivity index (χ3n) is 2.41. The fourth-order valence-corrected chi connectivity index (χ4v) is 1.73. The predicted octanol–water partition coefficient (Wildman–Crippen LogP) is 2.39. The molecule has 0 amide bonds. The molecule has 2 aromatic rings. The first-order valence-corrected chi connectivity index (χ1v) is 5.32. The number of aromatic nitrogens is 2. The normalized spacial score (nSPS) is 10.5. The van der Waals surface area contributed by atoms with Gasteiger partial charge in [-0.2, -0.15) is 0 Å². The summed E-state index contributed by atoms with van der Waals surface area (Å²) in [4.78, 5) is 10.4. The molecule has 0 fully saturated rings. The van der Waals surface area contributed by atoms with Crippen molar-refractivity contribution in [1.82, 2.24) is 9.97 Å². The Morgan fingerprint density at radius 2 is 2.00 bits per heavy atom. The Hall–Kier alpha value is -1.55. The molecule has 0 aliphatic rings. The summed E-state index contributed by atoms with van der Waals surface area (Å²) in [5.41, 5.74) is 1.95. The van der Waals surface area contributed by atoms with Crippen molar-refractivity contribution >= 4 is 34.0 Å². The molecule has 0 radical (unpaired) electrons. The molecule has 1 N–H and O–H groups in total. The SMILES string of the molecule is CNc1nc(Cl)nc2ccc(N(C)C)cc12. The van der Waals surface area contributed by atoms with Crippen LogP contribution in [0.1, 0.15) is 0 Å². The van der Waals surface area contributed by atoms with Gasteiger partial charge in [-0.05, 0) is 29.8 Å². The molecule has 0 spiro atoms. The van der Waals surface area contributed by atoms with E-state index in [0.29, 0.717) is 0 Å². The number of anilines is 2. The van der Waals surface area contributed by atoms with Gasteiger partial charge >= 0.3 is 0 Å². The summed E-state index contributed by atoms with van der Waals surface area (Å²) in [5, 5.41) is 4.25. The second kappa shape index (κ2) is 4.14. The van der Waals surface area contributed by atoms with Gasteiger partial charge in [-0.3, -0.25) is 0 Å². The molecule has 1 aromatic heterocycles. The first-order chi connectivity index (χ1) is 7.61. The number of benzene rings is 1. The number of hydrogen-bond donors (Lipinski definition) is 1. The van der Waals surface area contributed by atoms with Crippen LogP contribution < -0.4 is 10.2 Å². The summed E-state index contributed by atoms with van der Waals surface area (Å²) in [5.74, 6) is 0.749. The quantitative estimate of drug-likeness (QED) is 0.813. The Balaban J connectivity index is 2.71. The van der Waals surface area contributed by atoms with Crippen LogP contribution in [-0.4, -0.2) is 31.1 Å². The molecule has 0 atom stereocenters. The highest BCUT2D eigenvalue weighted by Gasteiger charge is 2.06. The van der Waals surface area contributed by atoms with E-state index >= 15 is 0 Å². The van der Waals surface area contributed by atoms with E-state index in [1.54, 1.807) is 0 Å². The van der Waals surface area contributed by atoms with Gasteiger partial charge in [-0.1, -0.05) is 0 Å². The highest BCUT2D eigenvalue weighted by molar-refractivity contribution is 6.28. The van der Waals surface area contributed by atoms with E-state index in [4.69, 9.17) is 11.6 Å². The standard InChI is InChI=1S/C11H13ClN4/c1-13-10-8-6-7(16(2)3)4-5-9(8)14-11(12)15-10/h4-6H,1-3H3,(H,13,14,15). The minimum atomic E-state index is 0.259. The van der Waals surface area contributed by atoms with Crippen molar-refractivity contribution in [2.45, 2.75) is 0 Å². The van der Waals surface area contributed by atoms with Crippen molar-refractivity contribution in [3.63, 3.8) is 0 Å². The molecule has 0 aliphatic carbocycles. The number of nitrogens with zero attached hydrogens (tertiary/aromatic N) is 3. The van der Waals surface area contributed by atoms with Crippen LogP contribution in [0.4, 0.5) is 11.5 Å². The Morgan fingerprint density at radius 3 is 2.62 bits per heavy atom. The molecular weight excluding hydrogens is 224 g/mol. The first kappa shape index (κ1) is 11.0. The van der Waals surface area contributed by atoms with Crippen LogP contribution >= 0.6 is 11.6 Å². The minimum absolute atomic E-state index is 0.259. The molecule has 0 unspecified atom stereocenters. The minimum Gasteiger partial charge on any atom is -0.378 e. The van der Waals surface area contributed by atoms with E-state index in [1.165, 1.54) is 0 Å². The molecule has 84 valence electrons. The van der Waals surface area contributed by atoms with Gasteiger partial charge in [-0.15, -0.1) is 0 Å². The Labute approximate surface area is 99.3 Å². The highest BCUT2D eigenvalue weighted by Crippen LogP contribution is 2.25. The maximum atomic E-state index is 5.83. The van der Waals surface area contributed by atoms with Crippen molar-refractivity contribution in [1.29, 1.82) is 0 Å². The molecule has 16 heavy (non-hydrogen) atoms. The van der Waals surface area contributed by atoms with Gasteiger partial charge in [-0.25, -0.2) is 9.97 Å². The summed E-state index contributed by atoms with van der Waals surface area (Å²) < 4.78 is 0. The molecule has 5 heteroatoms. The third-order valence-corrected chi connectivity index (χ3v) is 2.57. The fourth-order valence-electron chi connectivity index (χ4n) is 1.56. The van der Waals surface area contributed by atoms with Crippen LogP contribution in [-0.2, 0) is 0 Å². The molecule has 4 nitrogen and oxygen atoms in total. The van der Waals surface area contributed by atoms with Gasteiger partial charge in [0.2, 0.25) is 5.28 Å². The summed E-state index contributed by atoms with van der Waals surface area (Å²) in [6.07, 6.45) is 0. The zero-order valence-electron chi connectivity index (χ0n) is 9.45. The molecule has 1 heterocycles. The maximum Gasteiger partial charge on any atom is 0.224 e. The summed E-state index contributed by atoms with van der Waals surface area (Å²) in [6, 6.07) is 5.99. The summed E-state index contributed by atoms with van der Waals surface area (Å²) >= 11 is 5.83. The first-order valence-electron chi connectivity index (χ1n) is 4.94. The van der Waals surface area contributed by atoms with Crippen molar-refractivity contribution < 1.29 is 0 Å². The van der Waals surface area contributed by atoms with Crippen LogP contribution in [0.15, 0.2) is 18.2 Å². The van der Waals surface area contributed by atoms with E-state index in [0.717, 1.165) is 22.4 Å². The number of fused-ring (bicyclic) bond motifs is 1. The average molecular weight is 237 g/mol. The van der Waals surface area contributed by atoms with E-state index in [2.05, 4.69) is 15.3 Å². The highest BCUT2D eigenvalue weighted by atomic mass is 35.5. The second-order valence-corrected chi connectivity index (χ2v) is 4.03. The lowest BCUT2D eigenvalue weighted by Gasteiger charge is -2.13. The van der Waals surface area contributed by atoms with Gasteiger partial charge in [0.15, 0.2) is 0 Å².